The molecule has 2 aromatic rings. The fourth-order valence-corrected chi connectivity index (χ4v) is 3.42. The Kier molecular flexibility index (Phi) is 4.13. The van der Waals surface area contributed by atoms with Crippen LogP contribution in [0.4, 0.5) is 14.7 Å². The molecular formula is C19H17F2N3O3. The number of anilines is 1. The Bertz CT molecular complexity index is 905. The first-order chi connectivity index (χ1) is 12.9. The summed E-state index contributed by atoms with van der Waals surface area (Å²) in [7, 11) is 0. The van der Waals surface area contributed by atoms with Crippen molar-refractivity contribution in [1.29, 1.82) is 0 Å². The van der Waals surface area contributed by atoms with Gasteiger partial charge in [0.25, 0.3) is 5.92 Å². The summed E-state index contributed by atoms with van der Waals surface area (Å²) in [5, 5.41) is 0. The van der Waals surface area contributed by atoms with E-state index in [-0.39, 0.29) is 48.3 Å². The third-order valence-corrected chi connectivity index (χ3v) is 5.11. The van der Waals surface area contributed by atoms with Crippen LogP contribution < -0.4 is 4.90 Å². The number of aldehydes is 1. The third-order valence-electron chi connectivity index (χ3n) is 5.11. The molecule has 1 aliphatic carbocycles. The molecule has 0 saturated carbocycles. The maximum absolute atomic E-state index is 14.1. The molecule has 1 saturated heterocycles. The molecular weight excluding hydrogens is 356 g/mol. The number of esters is 1. The van der Waals surface area contributed by atoms with Crippen LogP contribution in [0.2, 0.25) is 0 Å². The number of halogens is 2. The zero-order valence-electron chi connectivity index (χ0n) is 14.6. The number of rotatable bonds is 4. The zero-order chi connectivity index (χ0) is 19.2. The van der Waals surface area contributed by atoms with Gasteiger partial charge in [-0.3, -0.25) is 4.79 Å². The Labute approximate surface area is 154 Å². The van der Waals surface area contributed by atoms with Crippen LogP contribution in [0.3, 0.4) is 0 Å². The predicted octanol–water partition coefficient (Wildman–Crippen LogP) is 2.76. The highest BCUT2D eigenvalue weighted by atomic mass is 19.3. The van der Waals surface area contributed by atoms with Gasteiger partial charge in [0.1, 0.15) is 17.5 Å². The van der Waals surface area contributed by atoms with E-state index in [0.717, 1.165) is 0 Å². The quantitative estimate of drug-likeness (QED) is 0.606. The molecule has 0 spiro atoms. The van der Waals surface area contributed by atoms with E-state index in [4.69, 9.17) is 4.74 Å². The van der Waals surface area contributed by atoms with Gasteiger partial charge >= 0.3 is 5.97 Å². The average molecular weight is 373 g/mol. The summed E-state index contributed by atoms with van der Waals surface area (Å²) in [4.78, 5) is 33.3. The molecule has 0 N–H and O–H groups in total. The summed E-state index contributed by atoms with van der Waals surface area (Å²) in [6.45, 7) is 2.07. The lowest BCUT2D eigenvalue weighted by Gasteiger charge is -2.45. The van der Waals surface area contributed by atoms with Crippen LogP contribution in [0.5, 0.6) is 0 Å². The van der Waals surface area contributed by atoms with Crippen LogP contribution in [0, 0.1) is 0 Å². The number of aromatic nitrogens is 2. The van der Waals surface area contributed by atoms with Crippen molar-refractivity contribution >= 4 is 18.2 Å². The number of alkyl halides is 2. The van der Waals surface area contributed by atoms with Gasteiger partial charge < -0.3 is 9.64 Å². The van der Waals surface area contributed by atoms with Crippen LogP contribution in [0.25, 0.3) is 0 Å². The minimum absolute atomic E-state index is 0.00380. The van der Waals surface area contributed by atoms with Gasteiger partial charge in [-0.05, 0) is 25.5 Å². The van der Waals surface area contributed by atoms with E-state index in [2.05, 4.69) is 9.97 Å². The van der Waals surface area contributed by atoms with Gasteiger partial charge in [-0.2, -0.15) is 8.78 Å². The van der Waals surface area contributed by atoms with E-state index in [1.54, 1.807) is 42.2 Å². The lowest BCUT2D eigenvalue weighted by molar-refractivity contribution is -0.00615. The van der Waals surface area contributed by atoms with E-state index in [0.29, 0.717) is 11.8 Å². The molecule has 8 heteroatoms. The smallest absolute Gasteiger partial charge is 0.338 e. The fraction of sp³-hybridized carbons (Fsp3) is 0.368. The lowest BCUT2D eigenvalue weighted by atomic mass is 10.0. The highest BCUT2D eigenvalue weighted by Gasteiger charge is 2.45. The number of hydrogen-bond acceptors (Lipinski definition) is 6. The van der Waals surface area contributed by atoms with Crippen LogP contribution in [-0.4, -0.2) is 40.9 Å². The van der Waals surface area contributed by atoms with Gasteiger partial charge in [0.15, 0.2) is 6.29 Å². The van der Waals surface area contributed by atoms with E-state index in [1.165, 1.54) is 0 Å². The Morgan fingerprint density at radius 3 is 2.70 bits per heavy atom. The van der Waals surface area contributed by atoms with Crippen LogP contribution in [0.1, 0.15) is 45.4 Å². The molecule has 1 fully saturated rings. The van der Waals surface area contributed by atoms with Crippen LogP contribution in [-0.2, 0) is 17.1 Å². The first kappa shape index (κ1) is 17.5. The standard InChI is InChI=1S/C19H17F2N3O3/c1-11-15(27-17(26)12-5-3-2-4-6-12)9-24(11)18-22-14(10-25)13-7-8-19(20,21)16(13)23-18/h2-6,10-11,15H,7-9H2,1H3/t11-,15+/m0/s1. The van der Waals surface area contributed by atoms with E-state index >= 15 is 0 Å². The maximum Gasteiger partial charge on any atom is 0.338 e. The van der Waals surface area contributed by atoms with Crippen molar-refractivity contribution in [3.05, 3.63) is 52.8 Å². The first-order valence-corrected chi connectivity index (χ1v) is 8.68. The SMILES string of the molecule is C[C@H]1[C@H](OC(=O)c2ccccc2)CN1c1nc(C=O)c2c(n1)C(F)(F)CC2. The van der Waals surface area contributed by atoms with E-state index < -0.39 is 18.0 Å². The fourth-order valence-electron chi connectivity index (χ4n) is 3.42. The minimum Gasteiger partial charge on any atom is -0.455 e. The normalized spacial score (nSPS) is 22.7. The van der Waals surface area contributed by atoms with Crippen molar-refractivity contribution in [3.63, 3.8) is 0 Å². The number of fused-ring (bicyclic) bond motifs is 1. The third kappa shape index (κ3) is 2.94. The Morgan fingerprint density at radius 2 is 2.04 bits per heavy atom. The van der Waals surface area contributed by atoms with Crippen molar-refractivity contribution in [2.45, 2.75) is 37.8 Å². The topological polar surface area (TPSA) is 72.4 Å². The van der Waals surface area contributed by atoms with Crippen LogP contribution in [0.15, 0.2) is 30.3 Å². The first-order valence-electron chi connectivity index (χ1n) is 8.68. The summed E-state index contributed by atoms with van der Waals surface area (Å²) in [6, 6.07) is 8.32. The van der Waals surface area contributed by atoms with Crippen molar-refractivity contribution in [2.24, 2.45) is 0 Å². The largest absolute Gasteiger partial charge is 0.455 e. The van der Waals surface area contributed by atoms with E-state index in [9.17, 15) is 18.4 Å². The van der Waals surface area contributed by atoms with Gasteiger partial charge in [0.05, 0.1) is 18.2 Å². The summed E-state index contributed by atoms with van der Waals surface area (Å²) in [5.41, 5.74) is 0.300. The molecule has 0 amide bonds. The number of carbonyl (C=O) groups excluding carboxylic acids is 2. The predicted molar refractivity (Wildman–Crippen MR) is 92.1 cm³/mol. The monoisotopic (exact) mass is 373 g/mol. The van der Waals surface area contributed by atoms with E-state index in [1.807, 2.05) is 0 Å². The summed E-state index contributed by atoms with van der Waals surface area (Å²) < 4.78 is 33.6. The number of benzene rings is 1. The molecule has 2 atom stereocenters. The van der Waals surface area contributed by atoms with Crippen molar-refractivity contribution in [1.82, 2.24) is 9.97 Å². The number of hydrogen-bond donors (Lipinski definition) is 0. The summed E-state index contributed by atoms with van der Waals surface area (Å²) >= 11 is 0. The second-order valence-electron chi connectivity index (χ2n) is 6.76. The van der Waals surface area contributed by atoms with Crippen molar-refractivity contribution < 1.29 is 23.1 Å². The molecule has 0 bridgehead atoms. The van der Waals surface area contributed by atoms with Crippen molar-refractivity contribution in [2.75, 3.05) is 11.4 Å². The van der Waals surface area contributed by atoms with Gasteiger partial charge in [-0.25, -0.2) is 14.8 Å². The Morgan fingerprint density at radius 1 is 1.30 bits per heavy atom. The van der Waals surface area contributed by atoms with Crippen LogP contribution >= 0.6 is 0 Å². The lowest BCUT2D eigenvalue weighted by Crippen LogP contribution is -2.61. The number of ether oxygens (including phenoxy) is 1. The highest BCUT2D eigenvalue weighted by Crippen LogP contribution is 2.42. The Balaban J connectivity index is 1.52. The molecule has 6 nitrogen and oxygen atoms in total. The molecule has 1 aromatic carbocycles. The van der Waals surface area contributed by atoms with Gasteiger partial charge in [0.2, 0.25) is 5.95 Å². The molecule has 0 unspecified atom stereocenters. The molecule has 140 valence electrons. The molecule has 27 heavy (non-hydrogen) atoms. The second-order valence-corrected chi connectivity index (χ2v) is 6.76. The van der Waals surface area contributed by atoms with Gasteiger partial charge in [-0.1, -0.05) is 18.2 Å². The molecule has 1 aromatic heterocycles. The van der Waals surface area contributed by atoms with Gasteiger partial charge in [0, 0.05) is 12.0 Å². The second kappa shape index (κ2) is 6.37. The highest BCUT2D eigenvalue weighted by molar-refractivity contribution is 5.89. The maximum atomic E-state index is 14.1. The van der Waals surface area contributed by atoms with Crippen molar-refractivity contribution in [3.8, 4) is 0 Å². The minimum atomic E-state index is -3.06. The van der Waals surface area contributed by atoms with Gasteiger partial charge in [-0.15, -0.1) is 0 Å². The molecule has 2 heterocycles. The number of carbonyl (C=O) groups is 2. The molecule has 1 aliphatic heterocycles. The number of nitrogens with zero attached hydrogens (tertiary/aromatic N) is 3. The Hall–Kier alpha value is -2.90. The summed E-state index contributed by atoms with van der Waals surface area (Å²) in [5.74, 6) is -3.43. The summed E-state index contributed by atoms with van der Waals surface area (Å²) in [6.07, 6.45) is -0.199. The zero-order valence-corrected chi connectivity index (χ0v) is 14.6. The molecule has 4 rings (SSSR count). The average Bonchev–Trinajstić information content (AvgIpc) is 2.99. The molecule has 2 aliphatic rings. The molecule has 0 radical (unpaired) electrons.